The van der Waals surface area contributed by atoms with E-state index in [-0.39, 0.29) is 65.3 Å². The number of halogens is 1. The third kappa shape index (κ3) is 28.0. The first kappa shape index (κ1) is 62.7. The Morgan fingerprint density at radius 2 is 1.17 bits per heavy atom. The van der Waals surface area contributed by atoms with Crippen LogP contribution in [0.5, 0.6) is 0 Å². The summed E-state index contributed by atoms with van der Waals surface area (Å²) in [5.74, 6) is -1.41. The first-order chi connectivity index (χ1) is 27.8. The second-order valence-electron chi connectivity index (χ2n) is 18.9. The van der Waals surface area contributed by atoms with Gasteiger partial charge in [-0.05, 0) is 141 Å². The van der Waals surface area contributed by atoms with Crippen molar-refractivity contribution in [1.82, 2.24) is 10.2 Å². The second kappa shape index (κ2) is 28.3. The fourth-order valence-electron chi connectivity index (χ4n) is 4.87. The Hall–Kier alpha value is -4.56. The minimum Gasteiger partial charge on any atom is -0.478 e. The second-order valence-corrected chi connectivity index (χ2v) is 20.9. The van der Waals surface area contributed by atoms with Crippen molar-refractivity contribution in [3.05, 3.63) is 106 Å². The molecule has 3 aromatic carbocycles. The van der Waals surface area contributed by atoms with Gasteiger partial charge < -0.3 is 15.6 Å². The number of hydroxylamine groups is 1. The van der Waals surface area contributed by atoms with Crippen LogP contribution in [-0.2, 0) is 25.3 Å². The quantitative estimate of drug-likeness (QED) is 0.0403. The van der Waals surface area contributed by atoms with E-state index in [0.29, 0.717) is 29.5 Å². The smallest absolute Gasteiger partial charge is 0.338 e. The monoisotopic (exact) mass is 918 g/mol. The molecule has 354 valence electrons. The van der Waals surface area contributed by atoms with Crippen molar-refractivity contribution >= 4 is 53.1 Å². The number of esters is 1. The van der Waals surface area contributed by atoms with E-state index < -0.39 is 28.5 Å². The van der Waals surface area contributed by atoms with Gasteiger partial charge in [-0.3, -0.25) is 14.8 Å². The van der Waals surface area contributed by atoms with Crippen LogP contribution < -0.4 is 15.9 Å². The van der Waals surface area contributed by atoms with Crippen LogP contribution >= 0.6 is 12.4 Å². The summed E-state index contributed by atoms with van der Waals surface area (Å²) in [5, 5.41) is 17.1. The van der Waals surface area contributed by atoms with Gasteiger partial charge in [0.2, 0.25) is 6.08 Å². The number of aromatic carboxylic acids is 1. The summed E-state index contributed by atoms with van der Waals surface area (Å²) in [4.78, 5) is 58.6. The molecule has 0 saturated carbocycles. The van der Waals surface area contributed by atoms with Crippen molar-refractivity contribution in [2.45, 2.75) is 158 Å². The van der Waals surface area contributed by atoms with E-state index in [0.717, 1.165) is 16.7 Å². The molecule has 4 atom stereocenters. The average molecular weight is 920 g/mol. The number of ether oxygens (including phenoxy) is 1. The minimum absolute atomic E-state index is 0. The summed E-state index contributed by atoms with van der Waals surface area (Å²) < 4.78 is 20.2. The lowest BCUT2D eigenvalue weighted by atomic mass is 9.86. The van der Waals surface area contributed by atoms with Crippen LogP contribution in [-0.4, -0.2) is 60.1 Å². The van der Waals surface area contributed by atoms with Gasteiger partial charge in [0.15, 0.2) is 0 Å². The number of benzene rings is 3. The highest BCUT2D eigenvalue weighted by Gasteiger charge is 2.23. The molecular weight excluding hydrogens is 844 g/mol. The Kier molecular flexibility index (Phi) is 28.2. The van der Waals surface area contributed by atoms with Gasteiger partial charge >= 0.3 is 11.9 Å². The number of hydrogen-bond donors (Lipinski definition) is 5. The van der Waals surface area contributed by atoms with Gasteiger partial charge in [-0.1, -0.05) is 71.5 Å². The third-order valence-corrected chi connectivity index (χ3v) is 9.73. The number of carboxylic acids is 1. The Morgan fingerprint density at radius 3 is 1.52 bits per heavy atom. The Balaban J connectivity index is -0.000000806. The maximum atomic E-state index is 12.1. The zero-order chi connectivity index (χ0) is 47.5. The number of ketones is 1. The van der Waals surface area contributed by atoms with E-state index in [4.69, 9.17) is 20.8 Å². The molecular formula is C48H75ClN4O9S. The zero-order valence-electron chi connectivity index (χ0n) is 39.2. The zero-order valence-corrected chi connectivity index (χ0v) is 40.8. The first-order valence-electron chi connectivity index (χ1n) is 20.1. The number of hydrogen-bond acceptors (Lipinski definition) is 10. The van der Waals surface area contributed by atoms with Crippen LogP contribution in [0.4, 0.5) is 0 Å². The number of carbonyl (C=O) groups excluding carboxylic acids is 4. The predicted octanol–water partition coefficient (Wildman–Crippen LogP) is 10.6. The summed E-state index contributed by atoms with van der Waals surface area (Å²) in [6.07, 6.45) is 2.56. The number of carboxylic acid groups (broad SMARTS) is 1. The van der Waals surface area contributed by atoms with Gasteiger partial charge in [0.25, 0.3) is 5.91 Å². The molecule has 0 aliphatic heterocycles. The molecule has 0 aliphatic carbocycles. The molecule has 63 heavy (non-hydrogen) atoms. The summed E-state index contributed by atoms with van der Waals surface area (Å²) in [6.45, 7) is 28.8. The minimum atomic E-state index is -1.14. The number of nitrogens with zero attached hydrogens (tertiary/aromatic N) is 1. The Labute approximate surface area is 385 Å². The number of Topliss-reactive ketones (excluding diaryl/α,β-unsaturated/α-hetero) is 1. The Bertz CT molecular complexity index is 1920. The summed E-state index contributed by atoms with van der Waals surface area (Å²) in [7, 11) is -1.14. The highest BCUT2D eigenvalue weighted by atomic mass is 35.5. The van der Waals surface area contributed by atoms with Gasteiger partial charge in [-0.2, -0.15) is 0 Å². The van der Waals surface area contributed by atoms with Crippen LogP contribution in [0.15, 0.2) is 77.8 Å². The topological polar surface area (TPSA) is 215 Å². The molecule has 0 heterocycles. The van der Waals surface area contributed by atoms with Crippen LogP contribution in [0.2, 0.25) is 0 Å². The Morgan fingerprint density at radius 1 is 0.746 bits per heavy atom. The standard InChI is InChI=1S/C17H27NO3S.C16H23NO3.C9H11NO2.C5H9NO.CH4.ClH/c1-12(18-22(20)17(5,6)7)13-8-10-14(11-9-13)15(19)21-16(2,3)4;1-11(9-14(18)10-16(2,3)4)12-5-7-13(8-6-12)15(19)17-20;1-6(10)7-2-4-8(5-3-7)9(11)12;1-5(2,3)6-4-7;;/h8-12,18H,1-7H3;5-8,11,20H,9-10H2,1-4H3,(H,17,19);2-6H,10H2,1H3,(H,11,12);1-3H3;1H4;1H/t12-,22+;11-;6-;;;/m101.../s1. The fraction of sp³-hybridized carbons (Fsp3) is 0.521. The summed E-state index contributed by atoms with van der Waals surface area (Å²) in [6, 6.07) is 20.6. The van der Waals surface area contributed by atoms with Crippen LogP contribution in [0.1, 0.15) is 190 Å². The van der Waals surface area contributed by atoms with Crippen molar-refractivity contribution in [3.8, 4) is 0 Å². The summed E-state index contributed by atoms with van der Waals surface area (Å²) in [5.41, 5.74) is 10.6. The number of nitrogens with two attached hydrogens (primary N) is 1. The molecule has 0 bridgehead atoms. The molecule has 3 rings (SSSR count). The lowest BCUT2D eigenvalue weighted by Crippen LogP contribution is -2.34. The number of amides is 1. The largest absolute Gasteiger partial charge is 0.478 e. The molecule has 0 radical (unpaired) electrons. The van der Waals surface area contributed by atoms with E-state index >= 15 is 0 Å². The van der Waals surface area contributed by atoms with Gasteiger partial charge in [0.1, 0.15) is 11.4 Å². The molecule has 0 aliphatic rings. The molecule has 1 amide bonds. The third-order valence-electron chi connectivity index (χ3n) is 8.05. The van der Waals surface area contributed by atoms with Crippen molar-refractivity contribution in [2.75, 3.05) is 0 Å². The van der Waals surface area contributed by atoms with Gasteiger partial charge in [-0.25, -0.2) is 33.8 Å². The van der Waals surface area contributed by atoms with E-state index in [1.807, 2.05) is 107 Å². The molecule has 0 aromatic heterocycles. The van der Waals surface area contributed by atoms with Crippen LogP contribution in [0.25, 0.3) is 0 Å². The SMILES string of the molecule is C.CC(C)(C)N=C=O.C[C@@H](CC(=O)CC(C)(C)C)c1ccc(C(=O)NO)cc1.C[C@@H](N)c1ccc(C(=O)O)cc1.C[C@@H](N[S@@](=O)C(C)(C)C)c1ccc(C(=O)OC(C)(C)C)cc1.Cl. The van der Waals surface area contributed by atoms with Gasteiger partial charge in [0, 0.05) is 30.5 Å². The maximum absolute atomic E-state index is 12.1. The van der Waals surface area contributed by atoms with Gasteiger partial charge in [-0.15, -0.1) is 12.4 Å². The van der Waals surface area contributed by atoms with Crippen LogP contribution in [0, 0.1) is 5.41 Å². The van der Waals surface area contributed by atoms with Crippen molar-refractivity contribution in [2.24, 2.45) is 16.1 Å². The number of aliphatic imine (C=N–C) groups is 1. The molecule has 3 aromatic rings. The predicted molar refractivity (Wildman–Crippen MR) is 257 cm³/mol. The van der Waals surface area contributed by atoms with E-state index in [2.05, 4.69) is 30.5 Å². The normalized spacial score (nSPS) is 12.9. The molecule has 0 saturated heterocycles. The average Bonchev–Trinajstić information content (AvgIpc) is 3.13. The molecule has 0 unspecified atom stereocenters. The molecule has 13 nitrogen and oxygen atoms in total. The number of nitrogens with one attached hydrogen (secondary N) is 2. The molecule has 0 spiro atoms. The van der Waals surface area contributed by atoms with E-state index in [9.17, 15) is 28.2 Å². The van der Waals surface area contributed by atoms with Crippen molar-refractivity contribution in [3.63, 3.8) is 0 Å². The molecule has 0 fully saturated rings. The van der Waals surface area contributed by atoms with E-state index in [1.165, 1.54) is 6.08 Å². The van der Waals surface area contributed by atoms with Crippen LogP contribution in [0.3, 0.4) is 0 Å². The summed E-state index contributed by atoms with van der Waals surface area (Å²) >= 11 is 0. The molecule has 15 heteroatoms. The maximum Gasteiger partial charge on any atom is 0.338 e. The molecule has 6 N–H and O–H groups in total. The number of rotatable bonds is 11. The fourth-order valence-corrected chi connectivity index (χ4v) is 5.68. The van der Waals surface area contributed by atoms with Crippen molar-refractivity contribution in [1.29, 1.82) is 0 Å². The number of carbonyl (C=O) groups is 4. The number of isocyanates is 1. The first-order valence-corrected chi connectivity index (χ1v) is 21.2. The highest BCUT2D eigenvalue weighted by molar-refractivity contribution is 7.84. The lowest BCUT2D eigenvalue weighted by molar-refractivity contribution is -0.121. The van der Waals surface area contributed by atoms with Gasteiger partial charge in [0.05, 0.1) is 32.4 Å². The van der Waals surface area contributed by atoms with E-state index in [1.54, 1.807) is 54.0 Å². The highest BCUT2D eigenvalue weighted by Crippen LogP contribution is 2.25. The lowest BCUT2D eigenvalue weighted by Gasteiger charge is -2.22. The van der Waals surface area contributed by atoms with Crippen molar-refractivity contribution < 1.29 is 43.2 Å².